The number of para-hydroxylation sites is 1. The number of hydrogen-bond donors (Lipinski definition) is 1. The summed E-state index contributed by atoms with van der Waals surface area (Å²) in [5, 5.41) is 3.35. The van der Waals surface area contributed by atoms with Crippen molar-refractivity contribution < 1.29 is 13.9 Å². The number of nitrogens with one attached hydrogen (secondary N) is 1. The Morgan fingerprint density at radius 3 is 2.95 bits per heavy atom. The first kappa shape index (κ1) is 13.8. The van der Waals surface area contributed by atoms with Crippen LogP contribution < -0.4 is 14.8 Å². The molecule has 1 N–H and O–H groups in total. The molecular formula is C16H17FN2O2. The number of nitrogens with zero attached hydrogens (tertiary/aromatic N) is 1. The number of aromatic nitrogens is 1. The van der Waals surface area contributed by atoms with Gasteiger partial charge in [0.1, 0.15) is 19.0 Å². The topological polar surface area (TPSA) is 43.4 Å². The van der Waals surface area contributed by atoms with Gasteiger partial charge in [0.25, 0.3) is 0 Å². The Labute approximate surface area is 122 Å². The van der Waals surface area contributed by atoms with Gasteiger partial charge in [0.15, 0.2) is 11.5 Å². The third-order valence-corrected chi connectivity index (χ3v) is 3.38. The summed E-state index contributed by atoms with van der Waals surface area (Å²) in [6.07, 6.45) is 2.87. The van der Waals surface area contributed by atoms with Gasteiger partial charge in [-0.25, -0.2) is 4.39 Å². The molecule has 0 saturated heterocycles. The van der Waals surface area contributed by atoms with Crippen LogP contribution in [0.5, 0.6) is 11.5 Å². The first-order valence-electron chi connectivity index (χ1n) is 7.02. The Hall–Kier alpha value is -2.14. The number of ether oxygens (including phenoxy) is 2. The highest BCUT2D eigenvalue weighted by molar-refractivity contribution is 5.51. The number of hydrogen-bond acceptors (Lipinski definition) is 4. The predicted molar refractivity (Wildman–Crippen MR) is 77.1 cm³/mol. The van der Waals surface area contributed by atoms with Crippen molar-refractivity contribution in [1.29, 1.82) is 0 Å². The molecule has 2 aromatic rings. The van der Waals surface area contributed by atoms with Crippen LogP contribution in [0.25, 0.3) is 0 Å². The second kappa shape index (κ2) is 6.10. The second-order valence-corrected chi connectivity index (χ2v) is 4.80. The molecule has 110 valence electrons. The largest absolute Gasteiger partial charge is 0.486 e. The van der Waals surface area contributed by atoms with E-state index in [1.807, 2.05) is 25.1 Å². The van der Waals surface area contributed by atoms with Crippen molar-refractivity contribution in [3.05, 3.63) is 53.6 Å². The number of pyridine rings is 1. The number of halogens is 1. The smallest absolute Gasteiger partial charge is 0.166 e. The molecule has 0 amide bonds. The maximum atomic E-state index is 13.5. The fourth-order valence-corrected chi connectivity index (χ4v) is 2.52. The van der Waals surface area contributed by atoms with E-state index in [1.54, 1.807) is 6.20 Å². The molecule has 0 bridgehead atoms. The van der Waals surface area contributed by atoms with E-state index in [1.165, 1.54) is 12.3 Å². The molecule has 1 unspecified atom stereocenters. The quantitative estimate of drug-likeness (QED) is 0.939. The molecule has 0 spiro atoms. The minimum absolute atomic E-state index is 0.185. The molecule has 4 nitrogen and oxygen atoms in total. The van der Waals surface area contributed by atoms with Gasteiger partial charge in [-0.15, -0.1) is 0 Å². The highest BCUT2D eigenvalue weighted by Gasteiger charge is 2.23. The predicted octanol–water partition coefficient (Wildman–Crippen LogP) is 2.69. The van der Waals surface area contributed by atoms with E-state index in [4.69, 9.17) is 9.47 Å². The Kier molecular flexibility index (Phi) is 4.01. The normalized spacial score (nSPS) is 14.8. The van der Waals surface area contributed by atoms with Crippen molar-refractivity contribution in [2.24, 2.45) is 0 Å². The molecule has 2 heterocycles. The molecule has 0 saturated carbocycles. The highest BCUT2D eigenvalue weighted by atomic mass is 19.1. The van der Waals surface area contributed by atoms with Crippen LogP contribution in [-0.2, 0) is 0 Å². The lowest BCUT2D eigenvalue weighted by molar-refractivity contribution is 0.169. The first-order chi connectivity index (χ1) is 10.3. The van der Waals surface area contributed by atoms with Crippen LogP contribution in [0, 0.1) is 5.82 Å². The summed E-state index contributed by atoms with van der Waals surface area (Å²) in [6.45, 7) is 3.81. The highest BCUT2D eigenvalue weighted by Crippen LogP contribution is 2.38. The Morgan fingerprint density at radius 1 is 1.29 bits per heavy atom. The molecular weight excluding hydrogens is 271 g/mol. The average Bonchev–Trinajstić information content (AvgIpc) is 2.52. The molecule has 1 aliphatic rings. The summed E-state index contributed by atoms with van der Waals surface area (Å²) in [7, 11) is 0. The molecule has 1 atom stereocenters. The van der Waals surface area contributed by atoms with Crippen LogP contribution in [0.1, 0.15) is 24.1 Å². The van der Waals surface area contributed by atoms with Crippen LogP contribution in [0.15, 0.2) is 36.7 Å². The molecule has 0 fully saturated rings. The lowest BCUT2D eigenvalue weighted by atomic mass is 9.98. The fourth-order valence-electron chi connectivity index (χ4n) is 2.52. The van der Waals surface area contributed by atoms with Gasteiger partial charge in [-0.05, 0) is 24.2 Å². The van der Waals surface area contributed by atoms with E-state index < -0.39 is 0 Å². The Balaban J connectivity index is 2.05. The van der Waals surface area contributed by atoms with E-state index in [-0.39, 0.29) is 11.9 Å². The number of fused-ring (bicyclic) bond motifs is 1. The van der Waals surface area contributed by atoms with Crippen molar-refractivity contribution in [1.82, 2.24) is 10.3 Å². The summed E-state index contributed by atoms with van der Waals surface area (Å²) in [4.78, 5) is 3.94. The van der Waals surface area contributed by atoms with Gasteiger partial charge in [-0.2, -0.15) is 0 Å². The SMILES string of the molecule is CCNC(c1cncc(F)c1)c1cccc2c1OCCO2. The fraction of sp³-hybridized carbons (Fsp3) is 0.312. The van der Waals surface area contributed by atoms with Gasteiger partial charge in [-0.3, -0.25) is 4.98 Å². The van der Waals surface area contributed by atoms with E-state index in [0.29, 0.717) is 13.2 Å². The monoisotopic (exact) mass is 288 g/mol. The summed E-state index contributed by atoms with van der Waals surface area (Å²) in [5.74, 6) is 1.10. The van der Waals surface area contributed by atoms with Crippen LogP contribution in [0.4, 0.5) is 4.39 Å². The maximum absolute atomic E-state index is 13.5. The van der Waals surface area contributed by atoms with E-state index in [9.17, 15) is 4.39 Å². The molecule has 21 heavy (non-hydrogen) atoms. The summed E-state index contributed by atoms with van der Waals surface area (Å²) < 4.78 is 24.8. The summed E-state index contributed by atoms with van der Waals surface area (Å²) >= 11 is 0. The average molecular weight is 288 g/mol. The molecule has 0 aliphatic carbocycles. The van der Waals surface area contributed by atoms with Crippen LogP contribution in [0.2, 0.25) is 0 Å². The lowest BCUT2D eigenvalue weighted by Crippen LogP contribution is -2.25. The zero-order valence-electron chi connectivity index (χ0n) is 11.8. The van der Waals surface area contributed by atoms with E-state index >= 15 is 0 Å². The Bertz CT molecular complexity index is 633. The van der Waals surface area contributed by atoms with Crippen LogP contribution >= 0.6 is 0 Å². The van der Waals surface area contributed by atoms with Gasteiger partial charge >= 0.3 is 0 Å². The molecule has 0 radical (unpaired) electrons. The van der Waals surface area contributed by atoms with Gasteiger partial charge < -0.3 is 14.8 Å². The van der Waals surface area contributed by atoms with E-state index in [2.05, 4.69) is 10.3 Å². The van der Waals surface area contributed by atoms with Gasteiger partial charge in [-0.1, -0.05) is 19.1 Å². The first-order valence-corrected chi connectivity index (χ1v) is 7.02. The molecule has 5 heteroatoms. The third kappa shape index (κ3) is 2.83. The summed E-state index contributed by atoms with van der Waals surface area (Å²) in [5.41, 5.74) is 1.70. The molecule has 1 aliphatic heterocycles. The van der Waals surface area contributed by atoms with Gasteiger partial charge in [0.05, 0.1) is 12.2 Å². The van der Waals surface area contributed by atoms with Crippen molar-refractivity contribution >= 4 is 0 Å². The molecule has 1 aromatic heterocycles. The number of rotatable bonds is 4. The molecule has 3 rings (SSSR count). The second-order valence-electron chi connectivity index (χ2n) is 4.80. The zero-order valence-corrected chi connectivity index (χ0v) is 11.8. The van der Waals surface area contributed by atoms with Gasteiger partial charge in [0, 0.05) is 11.8 Å². The van der Waals surface area contributed by atoms with E-state index in [0.717, 1.165) is 29.2 Å². The minimum atomic E-state index is -0.350. The van der Waals surface area contributed by atoms with Crippen molar-refractivity contribution in [3.8, 4) is 11.5 Å². The van der Waals surface area contributed by atoms with Crippen LogP contribution in [-0.4, -0.2) is 24.7 Å². The zero-order chi connectivity index (χ0) is 14.7. The van der Waals surface area contributed by atoms with Crippen molar-refractivity contribution in [2.45, 2.75) is 13.0 Å². The lowest BCUT2D eigenvalue weighted by Gasteiger charge is -2.26. The Morgan fingerprint density at radius 2 is 2.14 bits per heavy atom. The summed E-state index contributed by atoms with van der Waals surface area (Å²) in [6, 6.07) is 7.06. The van der Waals surface area contributed by atoms with Crippen LogP contribution in [0.3, 0.4) is 0 Å². The standard InChI is InChI=1S/C16H17FN2O2/c1-2-19-15(11-8-12(17)10-18-9-11)13-4-3-5-14-16(13)21-7-6-20-14/h3-5,8-10,15,19H,2,6-7H2,1H3. The minimum Gasteiger partial charge on any atom is -0.486 e. The van der Waals surface area contributed by atoms with Crippen molar-refractivity contribution in [3.63, 3.8) is 0 Å². The maximum Gasteiger partial charge on any atom is 0.166 e. The van der Waals surface area contributed by atoms with Crippen molar-refractivity contribution in [2.75, 3.05) is 19.8 Å². The number of benzene rings is 1. The molecule has 1 aromatic carbocycles. The third-order valence-electron chi connectivity index (χ3n) is 3.38. The van der Waals surface area contributed by atoms with Gasteiger partial charge in [0.2, 0.25) is 0 Å².